The van der Waals surface area contributed by atoms with Crippen molar-refractivity contribution in [1.29, 1.82) is 0 Å². The third-order valence-corrected chi connectivity index (χ3v) is 5.15. The van der Waals surface area contributed by atoms with Crippen molar-refractivity contribution in [1.82, 2.24) is 0 Å². The minimum atomic E-state index is 0.969. The standard InChI is InChI=1S/C21H18NO/c1-13-11-18-20-15(9-10-22(18)12-14(13)2)7-8-17-16-5-3-4-6-19(16)23-21(17)20/h3-8,11-12H,9-10H2,1-2H3/q+1. The van der Waals surface area contributed by atoms with Crippen molar-refractivity contribution in [3.05, 3.63) is 65.4 Å². The molecular weight excluding hydrogens is 282 g/mol. The number of hydrogen-bond acceptors (Lipinski definition) is 1. The zero-order valence-electron chi connectivity index (χ0n) is 13.4. The quantitative estimate of drug-likeness (QED) is 0.430. The Bertz CT molecular complexity index is 1090. The molecule has 0 spiro atoms. The van der Waals surface area contributed by atoms with E-state index in [1.54, 1.807) is 0 Å². The summed E-state index contributed by atoms with van der Waals surface area (Å²) in [5, 5.41) is 2.41. The van der Waals surface area contributed by atoms with Gasteiger partial charge in [-0.05, 0) is 31.0 Å². The lowest BCUT2D eigenvalue weighted by atomic mass is 9.93. The van der Waals surface area contributed by atoms with E-state index in [1.165, 1.54) is 38.7 Å². The van der Waals surface area contributed by atoms with Gasteiger partial charge in [0.25, 0.3) is 0 Å². The topological polar surface area (TPSA) is 17.0 Å². The largest absolute Gasteiger partial charge is 0.455 e. The molecule has 1 aliphatic rings. The average molecular weight is 300 g/mol. The van der Waals surface area contributed by atoms with Gasteiger partial charge < -0.3 is 4.42 Å². The molecule has 2 aromatic heterocycles. The van der Waals surface area contributed by atoms with Gasteiger partial charge in [0.15, 0.2) is 12.7 Å². The molecule has 4 aromatic rings. The van der Waals surface area contributed by atoms with Crippen LogP contribution in [0.15, 0.2) is 53.1 Å². The molecule has 0 bridgehead atoms. The maximum absolute atomic E-state index is 6.26. The highest BCUT2D eigenvalue weighted by molar-refractivity contribution is 6.09. The number of furan rings is 1. The smallest absolute Gasteiger partial charge is 0.216 e. The van der Waals surface area contributed by atoms with E-state index in [4.69, 9.17) is 4.42 Å². The van der Waals surface area contributed by atoms with Crippen molar-refractivity contribution >= 4 is 21.9 Å². The van der Waals surface area contributed by atoms with Crippen molar-refractivity contribution in [2.75, 3.05) is 0 Å². The molecule has 0 radical (unpaired) electrons. The van der Waals surface area contributed by atoms with Gasteiger partial charge in [0.05, 0.1) is 5.56 Å². The SMILES string of the molecule is Cc1cc2[n+](cc1C)CCc1ccc3c(oc4ccccc43)c1-2. The first-order valence-electron chi connectivity index (χ1n) is 8.16. The van der Waals surface area contributed by atoms with Gasteiger partial charge in [0.2, 0.25) is 5.69 Å². The molecule has 0 saturated heterocycles. The molecule has 0 atom stereocenters. The number of aryl methyl sites for hydroxylation is 4. The third-order valence-electron chi connectivity index (χ3n) is 5.15. The number of fused-ring (bicyclic) bond motifs is 7. The van der Waals surface area contributed by atoms with Crippen LogP contribution in [0.4, 0.5) is 0 Å². The van der Waals surface area contributed by atoms with Gasteiger partial charge in [-0.2, -0.15) is 4.57 Å². The second-order valence-corrected chi connectivity index (χ2v) is 6.54. The summed E-state index contributed by atoms with van der Waals surface area (Å²) in [6.45, 7) is 5.40. The normalized spacial score (nSPS) is 13.3. The maximum atomic E-state index is 6.26. The first-order valence-corrected chi connectivity index (χ1v) is 8.16. The van der Waals surface area contributed by atoms with Crippen molar-refractivity contribution in [2.45, 2.75) is 26.8 Å². The molecule has 0 saturated carbocycles. The van der Waals surface area contributed by atoms with Gasteiger partial charge in [0.1, 0.15) is 11.2 Å². The monoisotopic (exact) mass is 300 g/mol. The van der Waals surface area contributed by atoms with Crippen molar-refractivity contribution < 1.29 is 8.98 Å². The molecule has 112 valence electrons. The van der Waals surface area contributed by atoms with Crippen LogP contribution in [-0.2, 0) is 13.0 Å². The van der Waals surface area contributed by atoms with Gasteiger partial charge in [-0.15, -0.1) is 0 Å². The molecule has 0 N–H and O–H groups in total. The summed E-state index contributed by atoms with van der Waals surface area (Å²) in [4.78, 5) is 0. The van der Waals surface area contributed by atoms with Crippen molar-refractivity contribution in [2.24, 2.45) is 0 Å². The first kappa shape index (κ1) is 12.9. The van der Waals surface area contributed by atoms with E-state index in [1.807, 2.05) is 6.07 Å². The fraction of sp³-hybridized carbons (Fsp3) is 0.190. The molecule has 0 aliphatic carbocycles. The number of pyridine rings is 1. The third kappa shape index (κ3) is 1.72. The lowest BCUT2D eigenvalue weighted by Gasteiger charge is -2.16. The van der Waals surface area contributed by atoms with Crippen LogP contribution in [0.1, 0.15) is 16.7 Å². The number of benzene rings is 2. The van der Waals surface area contributed by atoms with Gasteiger partial charge in [-0.1, -0.05) is 30.3 Å². The van der Waals surface area contributed by atoms with E-state index in [2.05, 4.69) is 61.0 Å². The van der Waals surface area contributed by atoms with Crippen LogP contribution in [0.5, 0.6) is 0 Å². The number of aromatic nitrogens is 1. The van der Waals surface area contributed by atoms with Crippen LogP contribution in [-0.4, -0.2) is 0 Å². The van der Waals surface area contributed by atoms with Crippen LogP contribution >= 0.6 is 0 Å². The zero-order chi connectivity index (χ0) is 15.6. The minimum absolute atomic E-state index is 0.969. The summed E-state index contributed by atoms with van der Waals surface area (Å²) in [7, 11) is 0. The van der Waals surface area contributed by atoms with E-state index in [0.29, 0.717) is 0 Å². The number of para-hydroxylation sites is 1. The van der Waals surface area contributed by atoms with Crippen LogP contribution in [0.25, 0.3) is 33.2 Å². The second kappa shape index (κ2) is 4.45. The van der Waals surface area contributed by atoms with E-state index in [-0.39, 0.29) is 0 Å². The molecule has 0 amide bonds. The molecule has 0 unspecified atom stereocenters. The Hall–Kier alpha value is -2.61. The second-order valence-electron chi connectivity index (χ2n) is 6.54. The number of hydrogen-bond donors (Lipinski definition) is 0. The highest BCUT2D eigenvalue weighted by Gasteiger charge is 2.27. The predicted molar refractivity (Wildman–Crippen MR) is 92.5 cm³/mol. The first-order chi connectivity index (χ1) is 11.2. The van der Waals surface area contributed by atoms with E-state index in [9.17, 15) is 0 Å². The summed E-state index contributed by atoms with van der Waals surface area (Å²) in [6, 6.07) is 15.1. The number of rotatable bonds is 0. The number of nitrogens with zero attached hydrogens (tertiary/aromatic N) is 1. The zero-order valence-corrected chi connectivity index (χ0v) is 13.4. The fourth-order valence-corrected chi connectivity index (χ4v) is 3.77. The fourth-order valence-electron chi connectivity index (χ4n) is 3.77. The lowest BCUT2D eigenvalue weighted by Crippen LogP contribution is -2.40. The Kier molecular flexibility index (Phi) is 2.49. The Morgan fingerprint density at radius 3 is 2.74 bits per heavy atom. The van der Waals surface area contributed by atoms with Gasteiger partial charge in [0, 0.05) is 28.8 Å². The Labute approximate surface area is 135 Å². The van der Waals surface area contributed by atoms with Crippen LogP contribution in [0.3, 0.4) is 0 Å². The molecule has 1 aliphatic heterocycles. The van der Waals surface area contributed by atoms with E-state index in [0.717, 1.165) is 24.1 Å². The molecule has 3 heterocycles. The van der Waals surface area contributed by atoms with Crippen LogP contribution < -0.4 is 4.57 Å². The average Bonchev–Trinajstić information content (AvgIpc) is 2.94. The summed E-state index contributed by atoms with van der Waals surface area (Å²) < 4.78 is 8.64. The molecule has 2 nitrogen and oxygen atoms in total. The Morgan fingerprint density at radius 2 is 1.83 bits per heavy atom. The van der Waals surface area contributed by atoms with Crippen LogP contribution in [0, 0.1) is 13.8 Å². The Balaban J connectivity index is 1.94. The molecule has 2 aromatic carbocycles. The summed E-state index contributed by atoms with van der Waals surface area (Å²) in [5.41, 5.74) is 8.61. The van der Waals surface area contributed by atoms with Gasteiger partial charge in [-0.25, -0.2) is 0 Å². The summed E-state index contributed by atoms with van der Waals surface area (Å²) >= 11 is 0. The molecule has 23 heavy (non-hydrogen) atoms. The lowest BCUT2D eigenvalue weighted by molar-refractivity contribution is -0.687. The van der Waals surface area contributed by atoms with Crippen molar-refractivity contribution in [3.8, 4) is 11.3 Å². The van der Waals surface area contributed by atoms with Gasteiger partial charge in [-0.3, -0.25) is 0 Å². The summed E-state index contributed by atoms with van der Waals surface area (Å²) in [6.07, 6.45) is 3.33. The molecule has 0 fully saturated rings. The van der Waals surface area contributed by atoms with Gasteiger partial charge >= 0.3 is 0 Å². The highest BCUT2D eigenvalue weighted by atomic mass is 16.3. The maximum Gasteiger partial charge on any atom is 0.216 e. The van der Waals surface area contributed by atoms with Crippen LogP contribution in [0.2, 0.25) is 0 Å². The molecule has 5 rings (SSSR count). The van der Waals surface area contributed by atoms with E-state index >= 15 is 0 Å². The van der Waals surface area contributed by atoms with Crippen molar-refractivity contribution in [3.63, 3.8) is 0 Å². The molecular formula is C21H18NO+. The van der Waals surface area contributed by atoms with E-state index < -0.39 is 0 Å². The Morgan fingerprint density at radius 1 is 0.957 bits per heavy atom. The highest BCUT2D eigenvalue weighted by Crippen LogP contribution is 2.38. The summed E-state index contributed by atoms with van der Waals surface area (Å²) in [5.74, 6) is 0. The predicted octanol–water partition coefficient (Wildman–Crippen LogP) is 4.71. The minimum Gasteiger partial charge on any atom is -0.455 e. The molecule has 2 heteroatoms.